The number of carbonyl (C=O) groups excluding carboxylic acids is 1. The third-order valence-corrected chi connectivity index (χ3v) is 3.39. The lowest BCUT2D eigenvalue weighted by Gasteiger charge is -2.36. The van der Waals surface area contributed by atoms with Crippen LogP contribution in [0.15, 0.2) is 18.2 Å². The lowest BCUT2D eigenvalue weighted by Crippen LogP contribution is -2.50. The van der Waals surface area contributed by atoms with Crippen LogP contribution in [0.5, 0.6) is 0 Å². The molecule has 0 aliphatic carbocycles. The number of carbonyl (C=O) groups is 1. The SMILES string of the molecule is CC1CN(C(=O)c2c(N)cccc2Cl)CC(CO)O1. The summed E-state index contributed by atoms with van der Waals surface area (Å²) in [4.78, 5) is 14.1. The Bertz CT molecular complexity index is 461. The Balaban J connectivity index is 2.24. The number of anilines is 1. The summed E-state index contributed by atoms with van der Waals surface area (Å²) in [6, 6.07) is 4.98. The number of benzene rings is 1. The van der Waals surface area contributed by atoms with Crippen LogP contribution in [0.25, 0.3) is 0 Å². The summed E-state index contributed by atoms with van der Waals surface area (Å²) < 4.78 is 5.50. The standard InChI is InChI=1S/C13H17ClN2O3/c1-8-5-16(6-9(7-17)19-8)13(18)12-10(14)3-2-4-11(12)15/h2-4,8-9,17H,5-7,15H2,1H3. The number of morpholine rings is 1. The molecule has 1 fully saturated rings. The lowest BCUT2D eigenvalue weighted by molar-refractivity contribution is -0.0858. The van der Waals surface area contributed by atoms with E-state index in [1.807, 2.05) is 6.92 Å². The summed E-state index contributed by atoms with van der Waals surface area (Å²) in [7, 11) is 0. The molecule has 6 heteroatoms. The summed E-state index contributed by atoms with van der Waals surface area (Å²) in [6.45, 7) is 2.54. The second kappa shape index (κ2) is 5.77. The van der Waals surface area contributed by atoms with Crippen LogP contribution in [0.2, 0.25) is 5.02 Å². The fourth-order valence-electron chi connectivity index (χ4n) is 2.24. The van der Waals surface area contributed by atoms with Crippen molar-refractivity contribution in [3.8, 4) is 0 Å². The van der Waals surface area contributed by atoms with Gasteiger partial charge < -0.3 is 20.5 Å². The molecule has 19 heavy (non-hydrogen) atoms. The van der Waals surface area contributed by atoms with E-state index in [1.165, 1.54) is 0 Å². The Labute approximate surface area is 116 Å². The van der Waals surface area contributed by atoms with Gasteiger partial charge in [-0.3, -0.25) is 4.79 Å². The maximum atomic E-state index is 12.5. The zero-order chi connectivity index (χ0) is 14.0. The number of ether oxygens (including phenoxy) is 1. The maximum Gasteiger partial charge on any atom is 0.257 e. The van der Waals surface area contributed by atoms with Crippen molar-refractivity contribution < 1.29 is 14.6 Å². The monoisotopic (exact) mass is 284 g/mol. The van der Waals surface area contributed by atoms with Gasteiger partial charge in [-0.2, -0.15) is 0 Å². The second-order valence-electron chi connectivity index (χ2n) is 4.67. The molecule has 1 amide bonds. The number of halogens is 1. The average Bonchev–Trinajstić information content (AvgIpc) is 2.37. The minimum atomic E-state index is -0.364. The largest absolute Gasteiger partial charge is 0.398 e. The minimum Gasteiger partial charge on any atom is -0.398 e. The van der Waals surface area contributed by atoms with Crippen LogP contribution in [0.1, 0.15) is 17.3 Å². The predicted molar refractivity (Wildman–Crippen MR) is 73.2 cm³/mol. The molecule has 3 N–H and O–H groups in total. The van der Waals surface area contributed by atoms with Gasteiger partial charge in [0.15, 0.2) is 0 Å². The average molecular weight is 285 g/mol. The van der Waals surface area contributed by atoms with Gasteiger partial charge in [0.1, 0.15) is 0 Å². The first-order chi connectivity index (χ1) is 9.02. The molecular weight excluding hydrogens is 268 g/mol. The van der Waals surface area contributed by atoms with E-state index in [2.05, 4.69) is 0 Å². The Kier molecular flexibility index (Phi) is 4.29. The van der Waals surface area contributed by atoms with Crippen molar-refractivity contribution in [2.75, 3.05) is 25.4 Å². The molecule has 2 rings (SSSR count). The summed E-state index contributed by atoms with van der Waals surface area (Å²) in [5.41, 5.74) is 6.49. The van der Waals surface area contributed by atoms with Crippen molar-refractivity contribution in [1.82, 2.24) is 4.90 Å². The molecule has 104 valence electrons. The molecule has 1 aromatic rings. The first-order valence-corrected chi connectivity index (χ1v) is 6.50. The number of nitrogens with two attached hydrogens (primary N) is 1. The van der Waals surface area contributed by atoms with E-state index in [9.17, 15) is 9.90 Å². The highest BCUT2D eigenvalue weighted by Crippen LogP contribution is 2.25. The van der Waals surface area contributed by atoms with Crippen LogP contribution in [-0.4, -0.2) is 47.8 Å². The van der Waals surface area contributed by atoms with Gasteiger partial charge in [0.05, 0.1) is 29.4 Å². The van der Waals surface area contributed by atoms with E-state index < -0.39 is 0 Å². The number of aliphatic hydroxyl groups is 1. The molecule has 2 atom stereocenters. The van der Waals surface area contributed by atoms with Gasteiger partial charge in [-0.05, 0) is 19.1 Å². The zero-order valence-corrected chi connectivity index (χ0v) is 11.4. The number of hydrogen-bond acceptors (Lipinski definition) is 4. The van der Waals surface area contributed by atoms with Crippen LogP contribution >= 0.6 is 11.6 Å². The van der Waals surface area contributed by atoms with Gasteiger partial charge in [0, 0.05) is 18.8 Å². The van der Waals surface area contributed by atoms with Gasteiger partial charge in [-0.25, -0.2) is 0 Å². The Morgan fingerprint density at radius 1 is 1.58 bits per heavy atom. The van der Waals surface area contributed by atoms with Gasteiger partial charge in [0.25, 0.3) is 5.91 Å². The van der Waals surface area contributed by atoms with E-state index >= 15 is 0 Å². The molecule has 0 saturated carbocycles. The van der Waals surface area contributed by atoms with Gasteiger partial charge in [0.2, 0.25) is 0 Å². The highest BCUT2D eigenvalue weighted by atomic mass is 35.5. The fraction of sp³-hybridized carbons (Fsp3) is 0.462. The predicted octanol–water partition coefficient (Wildman–Crippen LogP) is 1.14. The molecule has 0 aromatic heterocycles. The molecule has 5 nitrogen and oxygen atoms in total. The number of amides is 1. The van der Waals surface area contributed by atoms with Crippen molar-refractivity contribution >= 4 is 23.2 Å². The lowest BCUT2D eigenvalue weighted by atomic mass is 10.1. The van der Waals surface area contributed by atoms with Gasteiger partial charge in [-0.15, -0.1) is 0 Å². The Morgan fingerprint density at radius 2 is 2.32 bits per heavy atom. The molecule has 0 spiro atoms. The highest BCUT2D eigenvalue weighted by molar-refractivity contribution is 6.34. The third-order valence-electron chi connectivity index (χ3n) is 3.08. The van der Waals surface area contributed by atoms with Crippen LogP contribution in [0.4, 0.5) is 5.69 Å². The molecule has 0 radical (unpaired) electrons. The first kappa shape index (κ1) is 14.1. The Hall–Kier alpha value is -1.30. The van der Waals surface area contributed by atoms with Crippen molar-refractivity contribution in [3.05, 3.63) is 28.8 Å². The van der Waals surface area contributed by atoms with Crippen LogP contribution < -0.4 is 5.73 Å². The van der Waals surface area contributed by atoms with E-state index in [-0.39, 0.29) is 24.7 Å². The van der Waals surface area contributed by atoms with Crippen molar-refractivity contribution in [1.29, 1.82) is 0 Å². The normalized spacial score (nSPS) is 23.4. The second-order valence-corrected chi connectivity index (χ2v) is 5.07. The molecule has 1 aliphatic heterocycles. The quantitative estimate of drug-likeness (QED) is 0.799. The number of hydrogen-bond donors (Lipinski definition) is 2. The molecule has 1 aliphatic rings. The first-order valence-electron chi connectivity index (χ1n) is 6.12. The number of nitrogens with zero attached hydrogens (tertiary/aromatic N) is 1. The summed E-state index contributed by atoms with van der Waals surface area (Å²) >= 11 is 6.04. The van der Waals surface area contributed by atoms with Crippen LogP contribution in [0.3, 0.4) is 0 Å². The molecule has 1 saturated heterocycles. The van der Waals surface area contributed by atoms with Crippen molar-refractivity contribution in [2.24, 2.45) is 0 Å². The molecule has 1 heterocycles. The molecular formula is C13H17ClN2O3. The molecule has 1 aromatic carbocycles. The number of nitrogen functional groups attached to an aromatic ring is 1. The Morgan fingerprint density at radius 3 is 2.95 bits per heavy atom. The number of aliphatic hydroxyl groups excluding tert-OH is 1. The van der Waals surface area contributed by atoms with Crippen molar-refractivity contribution in [2.45, 2.75) is 19.1 Å². The zero-order valence-electron chi connectivity index (χ0n) is 10.7. The topological polar surface area (TPSA) is 75.8 Å². The van der Waals surface area contributed by atoms with E-state index in [0.717, 1.165) is 0 Å². The van der Waals surface area contributed by atoms with Gasteiger partial charge >= 0.3 is 0 Å². The maximum absolute atomic E-state index is 12.5. The van der Waals surface area contributed by atoms with Crippen LogP contribution in [-0.2, 0) is 4.74 Å². The van der Waals surface area contributed by atoms with Crippen LogP contribution in [0, 0.1) is 0 Å². The minimum absolute atomic E-state index is 0.119. The van der Waals surface area contributed by atoms with E-state index in [4.69, 9.17) is 22.1 Å². The van der Waals surface area contributed by atoms with E-state index in [0.29, 0.717) is 29.4 Å². The highest BCUT2D eigenvalue weighted by Gasteiger charge is 2.30. The fourth-order valence-corrected chi connectivity index (χ4v) is 2.50. The number of rotatable bonds is 2. The molecule has 2 unspecified atom stereocenters. The van der Waals surface area contributed by atoms with Crippen molar-refractivity contribution in [3.63, 3.8) is 0 Å². The third kappa shape index (κ3) is 3.00. The summed E-state index contributed by atoms with van der Waals surface area (Å²) in [6.07, 6.45) is -0.491. The van der Waals surface area contributed by atoms with Gasteiger partial charge in [-0.1, -0.05) is 17.7 Å². The summed E-state index contributed by atoms with van der Waals surface area (Å²) in [5.74, 6) is -0.225. The smallest absolute Gasteiger partial charge is 0.257 e. The molecule has 0 bridgehead atoms. The van der Waals surface area contributed by atoms with E-state index in [1.54, 1.807) is 23.1 Å². The summed E-state index contributed by atoms with van der Waals surface area (Å²) in [5, 5.41) is 9.51.